The maximum absolute atomic E-state index is 12.7. The van der Waals surface area contributed by atoms with Gasteiger partial charge < -0.3 is 20.1 Å². The Morgan fingerprint density at radius 3 is 2.60 bits per heavy atom. The van der Waals surface area contributed by atoms with E-state index in [1.165, 1.54) is 26.0 Å². The average Bonchev–Trinajstić information content (AvgIpc) is 3.15. The highest BCUT2D eigenvalue weighted by molar-refractivity contribution is 5.97. The summed E-state index contributed by atoms with van der Waals surface area (Å²) in [5.74, 6) is 0.189. The standard InChI is InChI=1S/C20H24N2O3/c1-25-16-9-10-19(23)17(13-16)20(24)21-18(14-22-11-5-6-12-22)15-7-3-2-4-8-15/h2-4,7-10,13,18,23H,5-6,11-12,14H2,1H3,(H,21,24). The number of benzene rings is 2. The zero-order valence-electron chi connectivity index (χ0n) is 14.4. The maximum Gasteiger partial charge on any atom is 0.255 e. The molecule has 0 aromatic heterocycles. The number of hydrogen-bond donors (Lipinski definition) is 2. The molecule has 0 spiro atoms. The summed E-state index contributed by atoms with van der Waals surface area (Å²) in [6.07, 6.45) is 2.40. The summed E-state index contributed by atoms with van der Waals surface area (Å²) < 4.78 is 5.16. The summed E-state index contributed by atoms with van der Waals surface area (Å²) in [6.45, 7) is 2.88. The summed E-state index contributed by atoms with van der Waals surface area (Å²) >= 11 is 0. The minimum Gasteiger partial charge on any atom is -0.507 e. The molecule has 1 amide bonds. The van der Waals surface area contributed by atoms with E-state index in [0.29, 0.717) is 5.75 Å². The summed E-state index contributed by atoms with van der Waals surface area (Å²) in [5.41, 5.74) is 1.28. The van der Waals surface area contributed by atoms with Crippen molar-refractivity contribution in [3.8, 4) is 11.5 Å². The normalized spacial score (nSPS) is 15.7. The first-order valence-corrected chi connectivity index (χ1v) is 8.62. The maximum atomic E-state index is 12.7. The van der Waals surface area contributed by atoms with Crippen LogP contribution in [0.5, 0.6) is 11.5 Å². The van der Waals surface area contributed by atoms with Gasteiger partial charge in [0, 0.05) is 6.54 Å². The van der Waals surface area contributed by atoms with Crippen LogP contribution < -0.4 is 10.1 Å². The Kier molecular flexibility index (Phi) is 5.56. The van der Waals surface area contributed by atoms with Crippen molar-refractivity contribution in [3.63, 3.8) is 0 Å². The summed E-state index contributed by atoms with van der Waals surface area (Å²) in [6, 6.07) is 14.5. The Morgan fingerprint density at radius 1 is 1.20 bits per heavy atom. The minimum atomic E-state index is -0.301. The van der Waals surface area contributed by atoms with Crippen molar-refractivity contribution in [1.82, 2.24) is 10.2 Å². The van der Waals surface area contributed by atoms with E-state index in [0.717, 1.165) is 25.2 Å². The van der Waals surface area contributed by atoms with Crippen LogP contribution in [0.15, 0.2) is 48.5 Å². The molecule has 2 aromatic carbocycles. The molecule has 1 fully saturated rings. The van der Waals surface area contributed by atoms with Crippen LogP contribution in [0.1, 0.15) is 34.8 Å². The van der Waals surface area contributed by atoms with E-state index in [-0.39, 0.29) is 23.3 Å². The van der Waals surface area contributed by atoms with Crippen molar-refractivity contribution in [3.05, 3.63) is 59.7 Å². The highest BCUT2D eigenvalue weighted by Crippen LogP contribution is 2.24. The fraction of sp³-hybridized carbons (Fsp3) is 0.350. The van der Waals surface area contributed by atoms with Gasteiger partial charge in [0.25, 0.3) is 5.91 Å². The molecule has 2 N–H and O–H groups in total. The number of phenols is 1. The number of likely N-dealkylation sites (tertiary alicyclic amines) is 1. The van der Waals surface area contributed by atoms with Crippen LogP contribution in [0.4, 0.5) is 0 Å². The third-order valence-corrected chi connectivity index (χ3v) is 4.60. The quantitative estimate of drug-likeness (QED) is 0.849. The predicted molar refractivity (Wildman–Crippen MR) is 97.0 cm³/mol. The van der Waals surface area contributed by atoms with Gasteiger partial charge >= 0.3 is 0 Å². The van der Waals surface area contributed by atoms with Crippen LogP contribution in [-0.4, -0.2) is 42.7 Å². The number of hydrogen-bond acceptors (Lipinski definition) is 4. The first kappa shape index (κ1) is 17.3. The molecule has 0 saturated carbocycles. The van der Waals surface area contributed by atoms with Gasteiger partial charge in [-0.15, -0.1) is 0 Å². The van der Waals surface area contributed by atoms with Crippen molar-refractivity contribution < 1.29 is 14.6 Å². The number of aromatic hydroxyl groups is 1. The molecular formula is C20H24N2O3. The molecule has 5 nitrogen and oxygen atoms in total. The number of carbonyl (C=O) groups excluding carboxylic acids is 1. The van der Waals surface area contributed by atoms with E-state index < -0.39 is 0 Å². The van der Waals surface area contributed by atoms with Crippen LogP contribution in [-0.2, 0) is 0 Å². The number of methoxy groups -OCH3 is 1. The molecule has 0 aliphatic carbocycles. The number of phenolic OH excluding ortho intramolecular Hbond substituents is 1. The van der Waals surface area contributed by atoms with E-state index >= 15 is 0 Å². The summed E-state index contributed by atoms with van der Waals surface area (Å²) in [5, 5.41) is 13.1. The molecule has 132 valence electrons. The van der Waals surface area contributed by atoms with Gasteiger partial charge in [-0.05, 0) is 49.7 Å². The fourth-order valence-electron chi connectivity index (χ4n) is 3.20. The van der Waals surface area contributed by atoms with E-state index in [2.05, 4.69) is 10.2 Å². The molecule has 1 aliphatic heterocycles. The van der Waals surface area contributed by atoms with Crippen LogP contribution in [0.3, 0.4) is 0 Å². The lowest BCUT2D eigenvalue weighted by atomic mass is 10.1. The molecule has 1 atom stereocenters. The van der Waals surface area contributed by atoms with Crippen molar-refractivity contribution in [2.24, 2.45) is 0 Å². The number of nitrogens with zero attached hydrogens (tertiary/aromatic N) is 1. The zero-order chi connectivity index (χ0) is 17.6. The first-order valence-electron chi connectivity index (χ1n) is 8.62. The van der Waals surface area contributed by atoms with Crippen LogP contribution in [0.25, 0.3) is 0 Å². The van der Waals surface area contributed by atoms with Crippen molar-refractivity contribution in [1.29, 1.82) is 0 Å². The Balaban J connectivity index is 1.80. The van der Waals surface area contributed by atoms with E-state index in [1.54, 1.807) is 12.1 Å². The minimum absolute atomic E-state index is 0.0497. The molecule has 1 aliphatic rings. The Labute approximate surface area is 148 Å². The van der Waals surface area contributed by atoms with Crippen LogP contribution in [0, 0.1) is 0 Å². The molecule has 1 saturated heterocycles. The lowest BCUT2D eigenvalue weighted by Gasteiger charge is -2.25. The van der Waals surface area contributed by atoms with E-state index in [4.69, 9.17) is 4.74 Å². The molecule has 1 unspecified atom stereocenters. The summed E-state index contributed by atoms with van der Waals surface area (Å²) in [7, 11) is 1.54. The fourth-order valence-corrected chi connectivity index (χ4v) is 3.20. The monoisotopic (exact) mass is 340 g/mol. The molecule has 0 radical (unpaired) electrons. The number of carbonyl (C=O) groups is 1. The van der Waals surface area contributed by atoms with Crippen LogP contribution >= 0.6 is 0 Å². The van der Waals surface area contributed by atoms with Crippen molar-refractivity contribution >= 4 is 5.91 Å². The molecule has 1 heterocycles. The van der Waals surface area contributed by atoms with Crippen molar-refractivity contribution in [2.45, 2.75) is 18.9 Å². The molecule has 5 heteroatoms. The number of rotatable bonds is 6. The topological polar surface area (TPSA) is 61.8 Å². The number of nitrogens with one attached hydrogen (secondary N) is 1. The van der Waals surface area contributed by atoms with Gasteiger partial charge in [-0.3, -0.25) is 4.79 Å². The second-order valence-electron chi connectivity index (χ2n) is 6.33. The number of ether oxygens (including phenoxy) is 1. The van der Waals surface area contributed by atoms with Gasteiger partial charge in [-0.25, -0.2) is 0 Å². The third-order valence-electron chi connectivity index (χ3n) is 4.60. The SMILES string of the molecule is COc1ccc(O)c(C(=O)NC(CN2CCCC2)c2ccccc2)c1. The Hall–Kier alpha value is -2.53. The van der Waals surface area contributed by atoms with Gasteiger partial charge in [-0.2, -0.15) is 0 Å². The van der Waals surface area contributed by atoms with Gasteiger partial charge in [0.15, 0.2) is 0 Å². The highest BCUT2D eigenvalue weighted by atomic mass is 16.5. The molecule has 2 aromatic rings. The lowest BCUT2D eigenvalue weighted by molar-refractivity contribution is 0.0924. The van der Waals surface area contributed by atoms with Gasteiger partial charge in [-0.1, -0.05) is 30.3 Å². The molecule has 3 rings (SSSR count). The lowest BCUT2D eigenvalue weighted by Crippen LogP contribution is -2.37. The second-order valence-corrected chi connectivity index (χ2v) is 6.33. The van der Waals surface area contributed by atoms with Gasteiger partial charge in [0.05, 0.1) is 18.7 Å². The van der Waals surface area contributed by atoms with Gasteiger partial charge in [0.2, 0.25) is 0 Å². The molecule has 0 bridgehead atoms. The smallest absolute Gasteiger partial charge is 0.255 e. The zero-order valence-corrected chi connectivity index (χ0v) is 14.4. The predicted octanol–water partition coefficient (Wildman–Crippen LogP) is 2.97. The third kappa shape index (κ3) is 4.31. The number of amides is 1. The Morgan fingerprint density at radius 2 is 1.92 bits per heavy atom. The summed E-state index contributed by atoms with van der Waals surface area (Å²) in [4.78, 5) is 15.1. The molecule has 25 heavy (non-hydrogen) atoms. The molecular weight excluding hydrogens is 316 g/mol. The van der Waals surface area contributed by atoms with E-state index in [9.17, 15) is 9.90 Å². The van der Waals surface area contributed by atoms with Gasteiger partial charge in [0.1, 0.15) is 11.5 Å². The van der Waals surface area contributed by atoms with Crippen molar-refractivity contribution in [2.75, 3.05) is 26.7 Å². The largest absolute Gasteiger partial charge is 0.507 e. The highest BCUT2D eigenvalue weighted by Gasteiger charge is 2.22. The van der Waals surface area contributed by atoms with Crippen LogP contribution in [0.2, 0.25) is 0 Å². The van der Waals surface area contributed by atoms with E-state index in [1.807, 2.05) is 30.3 Å². The average molecular weight is 340 g/mol. The second kappa shape index (κ2) is 8.03. The Bertz CT molecular complexity index is 712. The first-order chi connectivity index (χ1) is 12.2.